The number of rotatable bonds is 5. The molecule has 0 heterocycles. The topological polar surface area (TPSA) is 83.6 Å². The van der Waals surface area contributed by atoms with E-state index in [2.05, 4.69) is 11.8 Å². The lowest BCUT2D eigenvalue weighted by Gasteiger charge is -2.10. The minimum Gasteiger partial charge on any atom is -0.388 e. The Labute approximate surface area is 106 Å². The molecule has 1 aromatic carbocycles. The quantitative estimate of drug-likeness (QED) is 0.670. The first-order valence-corrected chi connectivity index (χ1v) is 5.79. The molecule has 18 heavy (non-hydrogen) atoms. The number of carbonyl (C=O) groups is 1. The first-order valence-electron chi connectivity index (χ1n) is 5.79. The van der Waals surface area contributed by atoms with Crippen molar-refractivity contribution in [2.75, 3.05) is 6.61 Å². The molecule has 0 saturated carbocycles. The van der Waals surface area contributed by atoms with Crippen LogP contribution >= 0.6 is 0 Å². The van der Waals surface area contributed by atoms with Crippen molar-refractivity contribution in [2.45, 2.75) is 25.4 Å². The van der Waals surface area contributed by atoms with Gasteiger partial charge >= 0.3 is 0 Å². The molecule has 4 nitrogen and oxygen atoms in total. The number of carbonyl (C=O) groups excluding carboxylic acids is 1. The molecule has 0 fully saturated rings. The predicted octanol–water partition coefficient (Wildman–Crippen LogP) is 0.719. The zero-order valence-corrected chi connectivity index (χ0v) is 10.1. The maximum absolute atomic E-state index is 10.6. The summed E-state index contributed by atoms with van der Waals surface area (Å²) in [6.07, 6.45) is 0.699. The summed E-state index contributed by atoms with van der Waals surface area (Å²) in [5, 5.41) is 18.5. The molecule has 1 unspecified atom stereocenters. The van der Waals surface area contributed by atoms with Crippen LogP contribution in [-0.2, 0) is 4.79 Å². The highest BCUT2D eigenvalue weighted by Gasteiger charge is 2.08. The van der Waals surface area contributed by atoms with Crippen molar-refractivity contribution in [3.05, 3.63) is 35.4 Å². The number of primary amides is 1. The lowest BCUT2D eigenvalue weighted by Crippen LogP contribution is -2.10. The molecule has 0 saturated heterocycles. The van der Waals surface area contributed by atoms with Gasteiger partial charge in [0.25, 0.3) is 0 Å². The third-order valence-corrected chi connectivity index (χ3v) is 2.48. The van der Waals surface area contributed by atoms with Gasteiger partial charge in [0.05, 0.1) is 6.10 Å². The molecule has 0 aromatic heterocycles. The number of hydrogen-bond donors (Lipinski definition) is 3. The van der Waals surface area contributed by atoms with Crippen LogP contribution in [0.1, 0.15) is 36.5 Å². The predicted molar refractivity (Wildman–Crippen MR) is 68.4 cm³/mol. The van der Waals surface area contributed by atoms with Gasteiger partial charge in [-0.15, -0.1) is 0 Å². The van der Waals surface area contributed by atoms with Gasteiger partial charge in [-0.05, 0) is 30.5 Å². The minimum absolute atomic E-state index is 0.189. The summed E-state index contributed by atoms with van der Waals surface area (Å²) in [7, 11) is 0. The molecule has 0 aliphatic heterocycles. The molecule has 1 rings (SSSR count). The molecule has 0 aliphatic carbocycles. The molecule has 0 bridgehead atoms. The van der Waals surface area contributed by atoms with Crippen LogP contribution in [0.15, 0.2) is 24.3 Å². The Morgan fingerprint density at radius 3 is 2.89 bits per heavy atom. The van der Waals surface area contributed by atoms with Crippen molar-refractivity contribution < 1.29 is 15.0 Å². The summed E-state index contributed by atoms with van der Waals surface area (Å²) in [5.41, 5.74) is 6.53. The maximum atomic E-state index is 10.6. The van der Waals surface area contributed by atoms with Crippen LogP contribution in [-0.4, -0.2) is 22.7 Å². The highest BCUT2D eigenvalue weighted by molar-refractivity contribution is 5.73. The van der Waals surface area contributed by atoms with Crippen LogP contribution < -0.4 is 5.73 Å². The molecule has 1 aromatic rings. The Morgan fingerprint density at radius 1 is 1.44 bits per heavy atom. The summed E-state index contributed by atoms with van der Waals surface area (Å²) >= 11 is 0. The van der Waals surface area contributed by atoms with Crippen LogP contribution in [0, 0.1) is 11.8 Å². The highest BCUT2D eigenvalue weighted by Crippen LogP contribution is 2.19. The smallest absolute Gasteiger partial charge is 0.217 e. The van der Waals surface area contributed by atoms with Crippen molar-refractivity contribution in [1.82, 2.24) is 0 Å². The Morgan fingerprint density at radius 2 is 2.22 bits per heavy atom. The molecular weight excluding hydrogens is 230 g/mol. The number of nitrogens with two attached hydrogens (primary N) is 1. The van der Waals surface area contributed by atoms with E-state index in [1.54, 1.807) is 18.2 Å². The Hall–Kier alpha value is -1.83. The molecule has 1 atom stereocenters. The van der Waals surface area contributed by atoms with E-state index in [4.69, 9.17) is 10.8 Å². The molecule has 0 aliphatic rings. The Kier molecular flexibility index (Phi) is 5.92. The summed E-state index contributed by atoms with van der Waals surface area (Å²) in [5.74, 6) is 4.97. The fraction of sp³-hybridized carbons (Fsp3) is 0.357. The second kappa shape index (κ2) is 7.49. The summed E-state index contributed by atoms with van der Waals surface area (Å²) in [6.45, 7) is -0.189. The standard InChI is InChI=1S/C14H17NO3/c15-14(18)8-2-7-13(17)12-6-1-4-11(10-12)5-3-9-16/h1,4,6,10,13,16-17H,2,7-9H2,(H2,15,18). The molecule has 1 amide bonds. The van der Waals surface area contributed by atoms with E-state index in [1.807, 2.05) is 6.07 Å². The SMILES string of the molecule is NC(=O)CCCC(O)c1cccc(C#CCO)c1. The van der Waals surface area contributed by atoms with Crippen LogP contribution in [0.25, 0.3) is 0 Å². The number of hydrogen-bond acceptors (Lipinski definition) is 3. The van der Waals surface area contributed by atoms with Crippen molar-refractivity contribution in [2.24, 2.45) is 5.73 Å². The van der Waals surface area contributed by atoms with Gasteiger partial charge in [-0.2, -0.15) is 0 Å². The number of aliphatic hydroxyl groups excluding tert-OH is 2. The third-order valence-electron chi connectivity index (χ3n) is 2.48. The Balaban J connectivity index is 2.62. The fourth-order valence-corrected chi connectivity index (χ4v) is 1.60. The van der Waals surface area contributed by atoms with Crippen molar-refractivity contribution >= 4 is 5.91 Å². The second-order valence-corrected chi connectivity index (χ2v) is 3.96. The van der Waals surface area contributed by atoms with Gasteiger partial charge in [0.2, 0.25) is 5.91 Å². The van der Waals surface area contributed by atoms with Crippen LogP contribution in [0.2, 0.25) is 0 Å². The van der Waals surface area contributed by atoms with E-state index in [0.717, 1.165) is 11.1 Å². The number of amides is 1. The molecular formula is C14H17NO3. The molecule has 96 valence electrons. The van der Waals surface area contributed by atoms with Gasteiger partial charge in [-0.25, -0.2) is 0 Å². The highest BCUT2D eigenvalue weighted by atomic mass is 16.3. The van der Waals surface area contributed by atoms with E-state index < -0.39 is 6.10 Å². The van der Waals surface area contributed by atoms with E-state index in [1.165, 1.54) is 0 Å². The van der Waals surface area contributed by atoms with Gasteiger partial charge in [0.15, 0.2) is 0 Å². The Bertz CT molecular complexity index is 460. The van der Waals surface area contributed by atoms with Gasteiger partial charge in [0.1, 0.15) is 6.61 Å². The minimum atomic E-state index is -0.625. The largest absolute Gasteiger partial charge is 0.388 e. The average Bonchev–Trinajstić information content (AvgIpc) is 2.36. The third kappa shape index (κ3) is 5.00. The maximum Gasteiger partial charge on any atom is 0.217 e. The molecule has 0 radical (unpaired) electrons. The first kappa shape index (κ1) is 14.2. The van der Waals surface area contributed by atoms with E-state index in [9.17, 15) is 9.90 Å². The van der Waals surface area contributed by atoms with Gasteiger partial charge in [-0.3, -0.25) is 4.79 Å². The van der Waals surface area contributed by atoms with Gasteiger partial charge < -0.3 is 15.9 Å². The van der Waals surface area contributed by atoms with Gasteiger partial charge in [0, 0.05) is 12.0 Å². The zero-order chi connectivity index (χ0) is 13.4. The second-order valence-electron chi connectivity index (χ2n) is 3.96. The van der Waals surface area contributed by atoms with Crippen molar-refractivity contribution in [1.29, 1.82) is 0 Å². The normalized spacial score (nSPS) is 11.4. The van der Waals surface area contributed by atoms with Crippen molar-refractivity contribution in [3.8, 4) is 11.8 Å². The summed E-state index contributed by atoms with van der Waals surface area (Å²) in [4.78, 5) is 10.6. The first-order chi connectivity index (χ1) is 8.63. The molecule has 4 heteroatoms. The van der Waals surface area contributed by atoms with Crippen molar-refractivity contribution in [3.63, 3.8) is 0 Å². The van der Waals surface area contributed by atoms with E-state index in [-0.39, 0.29) is 18.9 Å². The van der Waals surface area contributed by atoms with Gasteiger partial charge in [-0.1, -0.05) is 24.0 Å². The van der Waals surface area contributed by atoms with Crippen LogP contribution in [0.5, 0.6) is 0 Å². The summed E-state index contributed by atoms with van der Waals surface area (Å²) < 4.78 is 0. The lowest BCUT2D eigenvalue weighted by molar-refractivity contribution is -0.118. The molecule has 4 N–H and O–H groups in total. The number of aliphatic hydroxyl groups is 2. The monoisotopic (exact) mass is 247 g/mol. The molecule has 0 spiro atoms. The van der Waals surface area contributed by atoms with Crippen LogP contribution in [0.3, 0.4) is 0 Å². The average molecular weight is 247 g/mol. The lowest BCUT2D eigenvalue weighted by atomic mass is 10.0. The summed E-state index contributed by atoms with van der Waals surface area (Å²) in [6, 6.07) is 7.19. The van der Waals surface area contributed by atoms with Crippen LogP contribution in [0.4, 0.5) is 0 Å². The van der Waals surface area contributed by atoms with E-state index in [0.29, 0.717) is 12.8 Å². The number of benzene rings is 1. The fourth-order valence-electron chi connectivity index (χ4n) is 1.60. The van der Waals surface area contributed by atoms with E-state index >= 15 is 0 Å². The zero-order valence-electron chi connectivity index (χ0n) is 10.1.